The van der Waals surface area contributed by atoms with Crippen LogP contribution in [-0.4, -0.2) is 30.8 Å². The van der Waals surface area contributed by atoms with E-state index in [2.05, 4.69) is 0 Å². The van der Waals surface area contributed by atoms with Crippen molar-refractivity contribution in [2.45, 2.75) is 6.04 Å². The number of carbonyl (C=O) groups is 1. The number of aliphatic carboxylic acids is 1. The lowest BCUT2D eigenvalue weighted by molar-refractivity contribution is -0.139. The molecule has 15 heavy (non-hydrogen) atoms. The average molecular weight is 211 g/mol. The molecular weight excluding hydrogens is 198 g/mol. The van der Waals surface area contributed by atoms with Crippen LogP contribution in [0, 0.1) is 0 Å². The SMILES string of the molecule is COc1cccc(OC[C@H](N)C(=O)O)c1. The topological polar surface area (TPSA) is 81.8 Å². The summed E-state index contributed by atoms with van der Waals surface area (Å²) in [5.74, 6) is 0.0975. The van der Waals surface area contributed by atoms with Gasteiger partial charge in [0.2, 0.25) is 0 Å². The van der Waals surface area contributed by atoms with Crippen molar-refractivity contribution in [1.82, 2.24) is 0 Å². The van der Waals surface area contributed by atoms with Crippen LogP contribution in [0.25, 0.3) is 0 Å². The zero-order chi connectivity index (χ0) is 11.3. The first-order valence-electron chi connectivity index (χ1n) is 4.38. The second kappa shape index (κ2) is 5.21. The van der Waals surface area contributed by atoms with Crippen LogP contribution >= 0.6 is 0 Å². The molecule has 0 aliphatic heterocycles. The normalized spacial score (nSPS) is 11.9. The lowest BCUT2D eigenvalue weighted by atomic mass is 10.3. The predicted octanol–water partition coefficient (Wildman–Crippen LogP) is 0.486. The maximum atomic E-state index is 10.4. The summed E-state index contributed by atoms with van der Waals surface area (Å²) in [6.07, 6.45) is 0. The number of hydrogen-bond acceptors (Lipinski definition) is 4. The highest BCUT2D eigenvalue weighted by Gasteiger charge is 2.11. The van der Waals surface area contributed by atoms with E-state index < -0.39 is 12.0 Å². The molecule has 0 aromatic heterocycles. The fourth-order valence-corrected chi connectivity index (χ4v) is 0.948. The molecule has 0 saturated heterocycles. The Bertz CT molecular complexity index is 340. The fraction of sp³-hybridized carbons (Fsp3) is 0.300. The number of nitrogens with two attached hydrogens (primary N) is 1. The van der Waals surface area contributed by atoms with Gasteiger partial charge in [0.05, 0.1) is 7.11 Å². The molecule has 3 N–H and O–H groups in total. The van der Waals surface area contributed by atoms with Crippen molar-refractivity contribution in [3.05, 3.63) is 24.3 Å². The van der Waals surface area contributed by atoms with Crippen molar-refractivity contribution < 1.29 is 19.4 Å². The van der Waals surface area contributed by atoms with Crippen molar-refractivity contribution in [2.24, 2.45) is 5.73 Å². The van der Waals surface area contributed by atoms with Crippen LogP contribution in [0.3, 0.4) is 0 Å². The molecule has 0 spiro atoms. The van der Waals surface area contributed by atoms with E-state index in [0.717, 1.165) is 0 Å². The third-order valence-corrected chi connectivity index (χ3v) is 1.79. The number of ether oxygens (including phenoxy) is 2. The van der Waals surface area contributed by atoms with Gasteiger partial charge in [0.25, 0.3) is 0 Å². The van der Waals surface area contributed by atoms with Gasteiger partial charge in [-0.25, -0.2) is 0 Å². The van der Waals surface area contributed by atoms with Gasteiger partial charge >= 0.3 is 5.97 Å². The van der Waals surface area contributed by atoms with E-state index in [0.29, 0.717) is 11.5 Å². The highest BCUT2D eigenvalue weighted by molar-refractivity contribution is 5.73. The Morgan fingerprint density at radius 2 is 2.20 bits per heavy atom. The molecule has 5 heteroatoms. The van der Waals surface area contributed by atoms with Crippen LogP contribution in [-0.2, 0) is 4.79 Å². The molecule has 1 aromatic carbocycles. The molecule has 1 rings (SSSR count). The Labute approximate surface area is 87.4 Å². The zero-order valence-corrected chi connectivity index (χ0v) is 8.34. The van der Waals surface area contributed by atoms with Gasteiger partial charge in [-0.15, -0.1) is 0 Å². The highest BCUT2D eigenvalue weighted by Crippen LogP contribution is 2.18. The minimum atomic E-state index is -1.09. The van der Waals surface area contributed by atoms with Crippen LogP contribution in [0.2, 0.25) is 0 Å². The number of methoxy groups -OCH3 is 1. The van der Waals surface area contributed by atoms with Gasteiger partial charge in [0.1, 0.15) is 24.1 Å². The smallest absolute Gasteiger partial charge is 0.324 e. The molecule has 0 fully saturated rings. The molecule has 0 radical (unpaired) electrons. The Morgan fingerprint density at radius 3 is 2.80 bits per heavy atom. The molecule has 0 bridgehead atoms. The number of carboxylic acid groups (broad SMARTS) is 1. The van der Waals surface area contributed by atoms with Crippen molar-refractivity contribution in [3.8, 4) is 11.5 Å². The van der Waals surface area contributed by atoms with E-state index in [1.807, 2.05) is 0 Å². The highest BCUT2D eigenvalue weighted by atomic mass is 16.5. The monoisotopic (exact) mass is 211 g/mol. The standard InChI is InChI=1S/C10H13NO4/c1-14-7-3-2-4-8(5-7)15-6-9(11)10(12)13/h2-5,9H,6,11H2,1H3,(H,12,13)/t9-/m0/s1. The molecule has 1 aromatic rings. The Morgan fingerprint density at radius 1 is 1.53 bits per heavy atom. The largest absolute Gasteiger partial charge is 0.497 e. The van der Waals surface area contributed by atoms with Crippen LogP contribution in [0.4, 0.5) is 0 Å². The Balaban J connectivity index is 2.53. The molecule has 0 amide bonds. The number of hydrogen-bond donors (Lipinski definition) is 2. The van der Waals surface area contributed by atoms with Crippen LogP contribution in [0.15, 0.2) is 24.3 Å². The summed E-state index contributed by atoms with van der Waals surface area (Å²) >= 11 is 0. The Kier molecular flexibility index (Phi) is 3.93. The maximum Gasteiger partial charge on any atom is 0.324 e. The summed E-state index contributed by atoms with van der Waals surface area (Å²) < 4.78 is 10.2. The second-order valence-electron chi connectivity index (χ2n) is 2.93. The van der Waals surface area contributed by atoms with Gasteiger partial charge in [-0.2, -0.15) is 0 Å². The summed E-state index contributed by atoms with van der Waals surface area (Å²) in [6.45, 7) is -0.0670. The van der Waals surface area contributed by atoms with Crippen molar-refractivity contribution in [1.29, 1.82) is 0 Å². The quantitative estimate of drug-likeness (QED) is 0.740. The van der Waals surface area contributed by atoms with Crippen molar-refractivity contribution >= 4 is 5.97 Å². The lowest BCUT2D eigenvalue weighted by Gasteiger charge is -2.09. The summed E-state index contributed by atoms with van der Waals surface area (Å²) in [6, 6.07) is 5.87. The minimum Gasteiger partial charge on any atom is -0.497 e. The van der Waals surface area contributed by atoms with Crippen molar-refractivity contribution in [2.75, 3.05) is 13.7 Å². The molecular formula is C10H13NO4. The number of carboxylic acids is 1. The van der Waals surface area contributed by atoms with E-state index in [9.17, 15) is 4.79 Å². The van der Waals surface area contributed by atoms with E-state index in [1.54, 1.807) is 31.4 Å². The van der Waals surface area contributed by atoms with Crippen LogP contribution < -0.4 is 15.2 Å². The first kappa shape index (κ1) is 11.3. The molecule has 0 aliphatic rings. The first-order valence-corrected chi connectivity index (χ1v) is 4.38. The predicted molar refractivity (Wildman–Crippen MR) is 54.1 cm³/mol. The number of rotatable bonds is 5. The van der Waals surface area contributed by atoms with Crippen LogP contribution in [0.1, 0.15) is 0 Å². The number of benzene rings is 1. The van der Waals surface area contributed by atoms with E-state index >= 15 is 0 Å². The summed E-state index contributed by atoms with van der Waals surface area (Å²) in [4.78, 5) is 10.4. The lowest BCUT2D eigenvalue weighted by Crippen LogP contribution is -2.36. The van der Waals surface area contributed by atoms with Gasteiger partial charge < -0.3 is 20.3 Å². The molecule has 5 nitrogen and oxygen atoms in total. The molecule has 82 valence electrons. The van der Waals surface area contributed by atoms with E-state index in [1.165, 1.54) is 0 Å². The van der Waals surface area contributed by atoms with E-state index in [4.69, 9.17) is 20.3 Å². The molecule has 0 aliphatic carbocycles. The molecule has 0 heterocycles. The fourth-order valence-electron chi connectivity index (χ4n) is 0.948. The van der Waals surface area contributed by atoms with Crippen LogP contribution in [0.5, 0.6) is 11.5 Å². The summed E-state index contributed by atoms with van der Waals surface area (Å²) in [7, 11) is 1.54. The van der Waals surface area contributed by atoms with Gasteiger partial charge in [-0.3, -0.25) is 4.79 Å². The maximum absolute atomic E-state index is 10.4. The van der Waals surface area contributed by atoms with Gasteiger partial charge in [-0.1, -0.05) is 6.07 Å². The third kappa shape index (κ3) is 3.47. The summed E-state index contributed by atoms with van der Waals surface area (Å²) in [5.41, 5.74) is 5.28. The first-order chi connectivity index (χ1) is 7.13. The Hall–Kier alpha value is -1.75. The third-order valence-electron chi connectivity index (χ3n) is 1.79. The molecule has 0 saturated carbocycles. The van der Waals surface area contributed by atoms with Gasteiger partial charge in [0, 0.05) is 6.07 Å². The van der Waals surface area contributed by atoms with Gasteiger partial charge in [-0.05, 0) is 12.1 Å². The second-order valence-corrected chi connectivity index (χ2v) is 2.93. The minimum absolute atomic E-state index is 0.0670. The van der Waals surface area contributed by atoms with Gasteiger partial charge in [0.15, 0.2) is 0 Å². The molecule has 1 atom stereocenters. The average Bonchev–Trinajstić information content (AvgIpc) is 2.26. The molecule has 0 unspecified atom stereocenters. The van der Waals surface area contributed by atoms with Crippen molar-refractivity contribution in [3.63, 3.8) is 0 Å². The van der Waals surface area contributed by atoms with E-state index in [-0.39, 0.29) is 6.61 Å². The zero-order valence-electron chi connectivity index (χ0n) is 8.34. The summed E-state index contributed by atoms with van der Waals surface area (Å²) in [5, 5.41) is 8.53.